The van der Waals surface area contributed by atoms with Gasteiger partial charge >= 0.3 is 0 Å². The quantitative estimate of drug-likeness (QED) is 0.594. The van der Waals surface area contributed by atoms with E-state index in [1.807, 2.05) is 42.5 Å². The van der Waals surface area contributed by atoms with Crippen molar-refractivity contribution < 1.29 is 14.0 Å². The predicted molar refractivity (Wildman–Crippen MR) is 101 cm³/mol. The zero-order chi connectivity index (χ0) is 17.4. The Kier molecular flexibility index (Phi) is 4.01. The third-order valence-electron chi connectivity index (χ3n) is 4.21. The Morgan fingerprint density at radius 3 is 2.80 bits per heavy atom. The van der Waals surface area contributed by atoms with Gasteiger partial charge in [0.2, 0.25) is 0 Å². The molecule has 3 aromatic rings. The standard InChI is InChI=1S/C20H14BrNO3/c21-16-5-3-11-22(20(16)24)19(23)10-8-13-7-9-18-15(12-13)14-4-1-2-6-17(14)25-18/h1-2,4-10,12H,3,11H2/b10-8+. The number of hydrogen-bond donors (Lipinski definition) is 0. The molecular formula is C20H14BrNO3. The van der Waals surface area contributed by atoms with Gasteiger partial charge in [0.1, 0.15) is 11.2 Å². The number of benzene rings is 2. The highest BCUT2D eigenvalue weighted by atomic mass is 79.9. The number of rotatable bonds is 2. The molecule has 25 heavy (non-hydrogen) atoms. The second-order valence-corrected chi connectivity index (χ2v) is 6.68. The van der Waals surface area contributed by atoms with E-state index in [4.69, 9.17) is 4.42 Å². The van der Waals surface area contributed by atoms with E-state index < -0.39 is 0 Å². The van der Waals surface area contributed by atoms with E-state index in [2.05, 4.69) is 15.9 Å². The molecule has 5 heteroatoms. The van der Waals surface area contributed by atoms with Crippen molar-refractivity contribution in [3.63, 3.8) is 0 Å². The van der Waals surface area contributed by atoms with Gasteiger partial charge in [0.05, 0.1) is 4.48 Å². The topological polar surface area (TPSA) is 50.5 Å². The Balaban J connectivity index is 1.63. The normalized spacial score (nSPS) is 15.3. The van der Waals surface area contributed by atoms with Gasteiger partial charge in [-0.2, -0.15) is 0 Å². The minimum Gasteiger partial charge on any atom is -0.456 e. The molecule has 0 atom stereocenters. The molecule has 0 saturated heterocycles. The van der Waals surface area contributed by atoms with Gasteiger partial charge in [-0.05, 0) is 52.2 Å². The average Bonchev–Trinajstić information content (AvgIpc) is 3.00. The van der Waals surface area contributed by atoms with Crippen molar-refractivity contribution in [2.45, 2.75) is 6.42 Å². The lowest BCUT2D eigenvalue weighted by molar-refractivity contribution is -0.139. The van der Waals surface area contributed by atoms with Crippen molar-refractivity contribution in [2.24, 2.45) is 0 Å². The highest BCUT2D eigenvalue weighted by molar-refractivity contribution is 9.12. The van der Waals surface area contributed by atoms with Gasteiger partial charge in [0.15, 0.2) is 0 Å². The van der Waals surface area contributed by atoms with Crippen LogP contribution in [0.4, 0.5) is 0 Å². The molecule has 1 aromatic heterocycles. The van der Waals surface area contributed by atoms with Gasteiger partial charge < -0.3 is 4.42 Å². The van der Waals surface area contributed by atoms with Crippen LogP contribution in [0.15, 0.2) is 63.5 Å². The number of amides is 2. The lowest BCUT2D eigenvalue weighted by atomic mass is 10.1. The lowest BCUT2D eigenvalue weighted by Crippen LogP contribution is -2.38. The van der Waals surface area contributed by atoms with Crippen molar-refractivity contribution in [3.05, 3.63) is 64.7 Å². The summed E-state index contributed by atoms with van der Waals surface area (Å²) in [5.41, 5.74) is 2.53. The van der Waals surface area contributed by atoms with Crippen LogP contribution in [0.25, 0.3) is 28.0 Å². The second kappa shape index (κ2) is 6.33. The molecule has 0 aliphatic carbocycles. The van der Waals surface area contributed by atoms with Gasteiger partial charge in [-0.15, -0.1) is 0 Å². The first-order chi connectivity index (χ1) is 12.1. The van der Waals surface area contributed by atoms with Crippen molar-refractivity contribution in [2.75, 3.05) is 6.54 Å². The van der Waals surface area contributed by atoms with Crippen LogP contribution < -0.4 is 0 Å². The van der Waals surface area contributed by atoms with Gasteiger partial charge in [0, 0.05) is 23.4 Å². The summed E-state index contributed by atoms with van der Waals surface area (Å²) >= 11 is 3.19. The maximum Gasteiger partial charge on any atom is 0.267 e. The zero-order valence-corrected chi connectivity index (χ0v) is 14.8. The summed E-state index contributed by atoms with van der Waals surface area (Å²) in [6, 6.07) is 13.6. The van der Waals surface area contributed by atoms with E-state index in [-0.39, 0.29) is 11.8 Å². The SMILES string of the molecule is O=C(/C=C/c1ccc2oc3ccccc3c2c1)N1CCC=C(Br)C1=O. The Bertz CT molecular complexity index is 1060. The smallest absolute Gasteiger partial charge is 0.267 e. The van der Waals surface area contributed by atoms with E-state index in [0.717, 1.165) is 27.5 Å². The molecule has 2 heterocycles. The molecule has 0 spiro atoms. The molecular weight excluding hydrogens is 382 g/mol. The highest BCUT2D eigenvalue weighted by Gasteiger charge is 2.24. The summed E-state index contributed by atoms with van der Waals surface area (Å²) in [6.45, 7) is 0.405. The first-order valence-corrected chi connectivity index (χ1v) is 8.73. The van der Waals surface area contributed by atoms with E-state index in [0.29, 0.717) is 17.4 Å². The van der Waals surface area contributed by atoms with Crippen LogP contribution in [-0.4, -0.2) is 23.3 Å². The summed E-state index contributed by atoms with van der Waals surface area (Å²) in [4.78, 5) is 25.6. The average molecular weight is 396 g/mol. The first kappa shape index (κ1) is 15.8. The largest absolute Gasteiger partial charge is 0.456 e. The number of para-hydroxylation sites is 1. The Morgan fingerprint density at radius 1 is 1.12 bits per heavy atom. The molecule has 1 aliphatic rings. The van der Waals surface area contributed by atoms with Crippen LogP contribution >= 0.6 is 15.9 Å². The van der Waals surface area contributed by atoms with Crippen LogP contribution in [0.5, 0.6) is 0 Å². The molecule has 0 radical (unpaired) electrons. The third kappa shape index (κ3) is 2.91. The number of carbonyl (C=O) groups is 2. The monoisotopic (exact) mass is 395 g/mol. The third-order valence-corrected chi connectivity index (χ3v) is 4.87. The number of carbonyl (C=O) groups excluding carboxylic acids is 2. The van der Waals surface area contributed by atoms with Crippen molar-refractivity contribution in [1.29, 1.82) is 0 Å². The number of nitrogens with zero attached hydrogens (tertiary/aromatic N) is 1. The Morgan fingerprint density at radius 2 is 1.92 bits per heavy atom. The number of hydrogen-bond acceptors (Lipinski definition) is 3. The summed E-state index contributed by atoms with van der Waals surface area (Å²) in [6.07, 6.45) is 5.61. The van der Waals surface area contributed by atoms with E-state index in [9.17, 15) is 9.59 Å². The van der Waals surface area contributed by atoms with Crippen LogP contribution in [0, 0.1) is 0 Å². The van der Waals surface area contributed by atoms with E-state index in [1.165, 1.54) is 11.0 Å². The van der Waals surface area contributed by atoms with Crippen LogP contribution in [0.2, 0.25) is 0 Å². The van der Waals surface area contributed by atoms with Crippen molar-refractivity contribution in [3.8, 4) is 0 Å². The van der Waals surface area contributed by atoms with Crippen LogP contribution in [-0.2, 0) is 9.59 Å². The Labute approximate surface area is 152 Å². The maximum atomic E-state index is 12.3. The van der Waals surface area contributed by atoms with Gasteiger partial charge in [-0.3, -0.25) is 14.5 Å². The fourth-order valence-electron chi connectivity index (χ4n) is 2.95. The summed E-state index contributed by atoms with van der Waals surface area (Å²) in [5, 5.41) is 2.05. The molecule has 2 aromatic carbocycles. The van der Waals surface area contributed by atoms with E-state index in [1.54, 1.807) is 12.2 Å². The molecule has 2 amide bonds. The number of fused-ring (bicyclic) bond motifs is 3. The minimum atomic E-state index is -0.313. The first-order valence-electron chi connectivity index (χ1n) is 7.94. The molecule has 124 valence electrons. The molecule has 0 saturated carbocycles. The molecule has 1 aliphatic heterocycles. The highest BCUT2D eigenvalue weighted by Crippen LogP contribution is 2.29. The molecule has 0 unspecified atom stereocenters. The molecule has 0 N–H and O–H groups in total. The van der Waals surface area contributed by atoms with Crippen molar-refractivity contribution in [1.82, 2.24) is 4.90 Å². The van der Waals surface area contributed by atoms with Gasteiger partial charge in [-0.1, -0.05) is 30.3 Å². The summed E-state index contributed by atoms with van der Waals surface area (Å²) in [5.74, 6) is -0.607. The van der Waals surface area contributed by atoms with Gasteiger partial charge in [0.25, 0.3) is 11.8 Å². The summed E-state index contributed by atoms with van der Waals surface area (Å²) in [7, 11) is 0. The molecule has 4 rings (SSSR count). The predicted octanol–water partition coefficient (Wildman–Crippen LogP) is 4.64. The van der Waals surface area contributed by atoms with Gasteiger partial charge in [-0.25, -0.2) is 0 Å². The fraction of sp³-hybridized carbons (Fsp3) is 0.100. The fourth-order valence-corrected chi connectivity index (χ4v) is 3.40. The Hall–Kier alpha value is -2.66. The molecule has 0 bridgehead atoms. The summed E-state index contributed by atoms with van der Waals surface area (Å²) < 4.78 is 6.24. The molecule has 0 fully saturated rings. The zero-order valence-electron chi connectivity index (χ0n) is 13.2. The number of halogens is 1. The number of furan rings is 1. The van der Waals surface area contributed by atoms with Crippen LogP contribution in [0.1, 0.15) is 12.0 Å². The molecule has 4 nitrogen and oxygen atoms in total. The lowest BCUT2D eigenvalue weighted by Gasteiger charge is -2.21. The van der Waals surface area contributed by atoms with E-state index >= 15 is 0 Å². The number of imide groups is 1. The second-order valence-electron chi connectivity index (χ2n) is 5.82. The maximum absolute atomic E-state index is 12.3. The van der Waals surface area contributed by atoms with Crippen LogP contribution in [0.3, 0.4) is 0 Å². The van der Waals surface area contributed by atoms with Crippen molar-refractivity contribution >= 4 is 55.8 Å². The minimum absolute atomic E-state index is 0.294.